The van der Waals surface area contributed by atoms with Crippen LogP contribution in [0.4, 0.5) is 4.79 Å². The van der Waals surface area contributed by atoms with Crippen molar-refractivity contribution in [2.24, 2.45) is 7.05 Å². The van der Waals surface area contributed by atoms with Crippen molar-refractivity contribution in [3.05, 3.63) is 16.6 Å². The van der Waals surface area contributed by atoms with Crippen LogP contribution in [0.2, 0.25) is 0 Å². The van der Waals surface area contributed by atoms with Gasteiger partial charge in [-0.1, -0.05) is 0 Å². The van der Waals surface area contributed by atoms with E-state index in [1.807, 2.05) is 20.0 Å². The molecule has 0 spiro atoms. The fourth-order valence-electron chi connectivity index (χ4n) is 2.37. The van der Waals surface area contributed by atoms with Gasteiger partial charge in [-0.2, -0.15) is 5.10 Å². The van der Waals surface area contributed by atoms with E-state index in [0.29, 0.717) is 4.88 Å². The van der Waals surface area contributed by atoms with Gasteiger partial charge >= 0.3 is 6.03 Å². The van der Waals surface area contributed by atoms with E-state index in [1.54, 1.807) is 4.68 Å². The highest BCUT2D eigenvalue weighted by atomic mass is 32.1. The van der Waals surface area contributed by atoms with Crippen molar-refractivity contribution in [3.63, 3.8) is 0 Å². The topological polar surface area (TPSA) is 96.3 Å². The Labute approximate surface area is 130 Å². The fourth-order valence-corrected chi connectivity index (χ4v) is 3.41. The molecule has 0 saturated carbocycles. The Morgan fingerprint density at radius 2 is 2.27 bits per heavy atom. The highest BCUT2D eigenvalue weighted by Gasteiger charge is 2.27. The molecule has 0 aromatic carbocycles. The van der Waals surface area contributed by atoms with Crippen molar-refractivity contribution in [2.45, 2.75) is 6.92 Å². The Kier molecular flexibility index (Phi) is 3.57. The number of aryl methyl sites for hydroxylation is 2. The van der Waals surface area contributed by atoms with Crippen LogP contribution in [0.25, 0.3) is 10.2 Å². The van der Waals surface area contributed by atoms with E-state index >= 15 is 0 Å². The Morgan fingerprint density at radius 1 is 1.50 bits per heavy atom. The molecular weight excluding hydrogens is 306 g/mol. The average molecular weight is 321 g/mol. The second-order valence-electron chi connectivity index (χ2n) is 5.00. The molecule has 22 heavy (non-hydrogen) atoms. The van der Waals surface area contributed by atoms with E-state index < -0.39 is 6.03 Å². The summed E-state index contributed by atoms with van der Waals surface area (Å²) in [7, 11) is 1.84. The quantitative estimate of drug-likeness (QED) is 0.788. The molecule has 1 aliphatic rings. The van der Waals surface area contributed by atoms with Crippen LogP contribution in [0.3, 0.4) is 0 Å². The Bertz CT molecular complexity index is 728. The summed E-state index contributed by atoms with van der Waals surface area (Å²) in [6, 6.07) is 1.40. The number of thiophene rings is 1. The van der Waals surface area contributed by atoms with Crippen LogP contribution in [0.15, 0.2) is 6.07 Å². The fraction of sp³-hybridized carbons (Fsp3) is 0.385. The van der Waals surface area contributed by atoms with Crippen LogP contribution in [0, 0.1) is 6.92 Å². The molecule has 4 amide bonds. The molecule has 2 N–H and O–H groups in total. The van der Waals surface area contributed by atoms with E-state index in [1.165, 1.54) is 11.3 Å². The molecule has 8 nitrogen and oxygen atoms in total. The third kappa shape index (κ3) is 2.43. The van der Waals surface area contributed by atoms with Gasteiger partial charge in [-0.15, -0.1) is 11.3 Å². The third-order valence-corrected chi connectivity index (χ3v) is 4.68. The number of aromatic nitrogens is 2. The molecule has 3 rings (SSSR count). The molecule has 2 aromatic rings. The Balaban J connectivity index is 1.62. The molecule has 0 bridgehead atoms. The van der Waals surface area contributed by atoms with Crippen LogP contribution >= 0.6 is 11.3 Å². The molecule has 0 unspecified atom stereocenters. The zero-order valence-corrected chi connectivity index (χ0v) is 13.0. The van der Waals surface area contributed by atoms with E-state index in [2.05, 4.69) is 15.7 Å². The number of rotatable bonds is 4. The smallest absolute Gasteiger partial charge is 0.324 e. The predicted octanol–water partition coefficient (Wildman–Crippen LogP) is 0.225. The number of nitrogens with zero attached hydrogens (tertiary/aromatic N) is 3. The van der Waals surface area contributed by atoms with Gasteiger partial charge in [0.05, 0.1) is 17.1 Å². The minimum Gasteiger partial charge on any atom is -0.350 e. The van der Waals surface area contributed by atoms with Crippen LogP contribution in [-0.2, 0) is 11.8 Å². The lowest BCUT2D eigenvalue weighted by Crippen LogP contribution is -2.38. The third-order valence-electron chi connectivity index (χ3n) is 3.48. The summed E-state index contributed by atoms with van der Waals surface area (Å²) in [6.45, 7) is 2.31. The van der Waals surface area contributed by atoms with Gasteiger partial charge in [0.25, 0.3) is 5.91 Å². The summed E-state index contributed by atoms with van der Waals surface area (Å²) in [5.41, 5.74) is 0.882. The number of imide groups is 1. The minimum absolute atomic E-state index is 0.0232. The number of urea groups is 1. The van der Waals surface area contributed by atoms with Crippen molar-refractivity contribution >= 4 is 39.4 Å². The highest BCUT2D eigenvalue weighted by Crippen LogP contribution is 2.27. The lowest BCUT2D eigenvalue weighted by molar-refractivity contribution is -0.124. The zero-order valence-electron chi connectivity index (χ0n) is 12.2. The summed E-state index contributed by atoms with van der Waals surface area (Å²) in [5.74, 6) is -0.490. The van der Waals surface area contributed by atoms with Gasteiger partial charge in [0, 0.05) is 25.5 Å². The number of hydrogen-bond donors (Lipinski definition) is 2. The Morgan fingerprint density at radius 3 is 2.91 bits per heavy atom. The number of hydrogen-bond acceptors (Lipinski definition) is 5. The maximum Gasteiger partial charge on any atom is 0.324 e. The van der Waals surface area contributed by atoms with E-state index in [4.69, 9.17) is 0 Å². The largest absolute Gasteiger partial charge is 0.350 e. The second-order valence-corrected chi connectivity index (χ2v) is 6.03. The summed E-state index contributed by atoms with van der Waals surface area (Å²) >= 11 is 1.37. The second kappa shape index (κ2) is 5.41. The Hall–Kier alpha value is -2.42. The van der Waals surface area contributed by atoms with Gasteiger partial charge in [-0.25, -0.2) is 4.79 Å². The summed E-state index contributed by atoms with van der Waals surface area (Å²) in [6.07, 6.45) is 0. The maximum absolute atomic E-state index is 12.1. The number of amides is 4. The van der Waals surface area contributed by atoms with Crippen molar-refractivity contribution in [1.82, 2.24) is 25.3 Å². The summed E-state index contributed by atoms with van der Waals surface area (Å²) < 4.78 is 1.75. The first kappa shape index (κ1) is 14.5. The molecular formula is C13H15N5O3S. The van der Waals surface area contributed by atoms with Crippen molar-refractivity contribution < 1.29 is 14.4 Å². The van der Waals surface area contributed by atoms with E-state index in [9.17, 15) is 14.4 Å². The van der Waals surface area contributed by atoms with Crippen molar-refractivity contribution in [3.8, 4) is 0 Å². The van der Waals surface area contributed by atoms with Crippen LogP contribution < -0.4 is 10.6 Å². The predicted molar refractivity (Wildman–Crippen MR) is 80.8 cm³/mol. The molecule has 9 heteroatoms. The van der Waals surface area contributed by atoms with Gasteiger partial charge in [0.1, 0.15) is 4.83 Å². The zero-order chi connectivity index (χ0) is 15.9. The molecule has 1 fully saturated rings. The van der Waals surface area contributed by atoms with Crippen molar-refractivity contribution in [2.75, 3.05) is 19.6 Å². The minimum atomic E-state index is -0.414. The SMILES string of the molecule is Cc1nn(C)c2sc(C(=O)NCCN3C(=O)CNC3=O)cc12. The summed E-state index contributed by atoms with van der Waals surface area (Å²) in [5, 5.41) is 10.4. The molecule has 116 valence electrons. The molecule has 0 radical (unpaired) electrons. The molecule has 1 aliphatic heterocycles. The van der Waals surface area contributed by atoms with Gasteiger partial charge < -0.3 is 10.6 Å². The van der Waals surface area contributed by atoms with Gasteiger partial charge in [-0.3, -0.25) is 19.2 Å². The normalized spacial score (nSPS) is 14.7. The van der Waals surface area contributed by atoms with Gasteiger partial charge in [-0.05, 0) is 13.0 Å². The van der Waals surface area contributed by atoms with Crippen LogP contribution in [0.5, 0.6) is 0 Å². The first-order valence-electron chi connectivity index (χ1n) is 6.77. The van der Waals surface area contributed by atoms with Crippen molar-refractivity contribution in [1.29, 1.82) is 0 Å². The van der Waals surface area contributed by atoms with Gasteiger partial charge in [0.15, 0.2) is 0 Å². The lowest BCUT2D eigenvalue weighted by Gasteiger charge is -2.12. The van der Waals surface area contributed by atoms with E-state index in [0.717, 1.165) is 20.8 Å². The van der Waals surface area contributed by atoms with Crippen LogP contribution in [-0.4, -0.2) is 52.2 Å². The summed E-state index contributed by atoms with van der Waals surface area (Å²) in [4.78, 5) is 37.5. The molecule has 3 heterocycles. The number of fused-ring (bicyclic) bond motifs is 1. The first-order chi connectivity index (χ1) is 10.5. The first-order valence-corrected chi connectivity index (χ1v) is 7.58. The number of carbonyl (C=O) groups is 3. The molecule has 0 aliphatic carbocycles. The lowest BCUT2D eigenvalue weighted by atomic mass is 10.3. The number of nitrogens with one attached hydrogen (secondary N) is 2. The standard InChI is InChI=1S/C13H15N5O3S/c1-7-8-5-9(22-12(8)17(2)16-7)11(20)14-3-4-18-10(19)6-15-13(18)21/h5H,3-4,6H2,1-2H3,(H,14,20)(H,15,21). The average Bonchev–Trinajstić information content (AvgIpc) is 3.11. The van der Waals surface area contributed by atoms with Crippen LogP contribution in [0.1, 0.15) is 15.4 Å². The maximum atomic E-state index is 12.1. The van der Waals surface area contributed by atoms with Gasteiger partial charge in [0.2, 0.25) is 5.91 Å². The molecule has 0 atom stereocenters. The number of carbonyl (C=O) groups excluding carboxylic acids is 3. The highest BCUT2D eigenvalue weighted by molar-refractivity contribution is 7.20. The van der Waals surface area contributed by atoms with E-state index in [-0.39, 0.29) is 31.4 Å². The molecule has 1 saturated heterocycles. The monoisotopic (exact) mass is 321 g/mol. The molecule has 2 aromatic heterocycles.